The van der Waals surface area contributed by atoms with Gasteiger partial charge in [-0.2, -0.15) is 4.31 Å². The van der Waals surface area contributed by atoms with Gasteiger partial charge in [-0.05, 0) is 25.0 Å². The minimum atomic E-state index is -3.70. The normalized spacial score (nSPS) is 18.0. The summed E-state index contributed by atoms with van der Waals surface area (Å²) in [6.45, 7) is 1.03. The molecule has 1 amide bonds. The van der Waals surface area contributed by atoms with E-state index < -0.39 is 10.0 Å². The highest BCUT2D eigenvalue weighted by atomic mass is 35.5. The van der Waals surface area contributed by atoms with Crippen LogP contribution >= 0.6 is 12.4 Å². The summed E-state index contributed by atoms with van der Waals surface area (Å²) in [6.07, 6.45) is 4.32. The maximum Gasteiger partial charge on any atom is 0.245 e. The van der Waals surface area contributed by atoms with Crippen molar-refractivity contribution < 1.29 is 13.2 Å². The third kappa shape index (κ3) is 4.76. The molecular weight excluding hydrogens is 388 g/mol. The maximum absolute atomic E-state index is 13.3. The fourth-order valence-electron chi connectivity index (χ4n) is 3.36. The van der Waals surface area contributed by atoms with Gasteiger partial charge in [0.05, 0.1) is 5.52 Å². The summed E-state index contributed by atoms with van der Waals surface area (Å²) in [5.41, 5.74) is 5.87. The number of benzene rings is 1. The molecule has 0 radical (unpaired) electrons. The van der Waals surface area contributed by atoms with E-state index in [4.69, 9.17) is 5.73 Å². The highest BCUT2D eigenvalue weighted by Gasteiger charge is 2.34. The van der Waals surface area contributed by atoms with Gasteiger partial charge < -0.3 is 11.1 Å². The number of nitrogens with two attached hydrogens (primary N) is 1. The third-order valence-corrected chi connectivity index (χ3v) is 6.65. The van der Waals surface area contributed by atoms with E-state index in [9.17, 15) is 13.2 Å². The van der Waals surface area contributed by atoms with Crippen molar-refractivity contribution in [2.75, 3.05) is 19.6 Å². The second-order valence-corrected chi connectivity index (χ2v) is 8.30. The molecular formula is C18H25ClN4O3S. The summed E-state index contributed by atoms with van der Waals surface area (Å²) in [4.78, 5) is 16.2. The Morgan fingerprint density at radius 1 is 1.26 bits per heavy atom. The minimum Gasteiger partial charge on any atom is -0.354 e. The molecule has 7 nitrogen and oxygen atoms in total. The molecule has 0 bridgehead atoms. The number of sulfonamides is 1. The summed E-state index contributed by atoms with van der Waals surface area (Å²) < 4.78 is 28.2. The van der Waals surface area contributed by atoms with Crippen LogP contribution in [0.15, 0.2) is 41.4 Å². The lowest BCUT2D eigenvalue weighted by Gasteiger charge is -2.34. The first-order chi connectivity index (χ1) is 12.5. The van der Waals surface area contributed by atoms with E-state index in [1.807, 2.05) is 12.1 Å². The van der Waals surface area contributed by atoms with Gasteiger partial charge in [0.1, 0.15) is 4.90 Å². The lowest BCUT2D eigenvalue weighted by atomic mass is 10.1. The van der Waals surface area contributed by atoms with Crippen LogP contribution in [0.1, 0.15) is 25.7 Å². The zero-order chi connectivity index (χ0) is 18.6. The van der Waals surface area contributed by atoms with Crippen molar-refractivity contribution in [3.8, 4) is 0 Å². The van der Waals surface area contributed by atoms with Gasteiger partial charge in [-0.1, -0.05) is 24.6 Å². The summed E-state index contributed by atoms with van der Waals surface area (Å²) in [7, 11) is -3.70. The number of amides is 1. The van der Waals surface area contributed by atoms with E-state index >= 15 is 0 Å². The van der Waals surface area contributed by atoms with Crippen LogP contribution in [-0.2, 0) is 14.8 Å². The second kappa shape index (κ2) is 9.45. The molecule has 27 heavy (non-hydrogen) atoms. The summed E-state index contributed by atoms with van der Waals surface area (Å²) in [5, 5.41) is 3.59. The fourth-order valence-corrected chi connectivity index (χ4v) is 5.22. The SMILES string of the molecule is Cl.NCCC(=O)NCC1CCCCN1S(=O)(=O)c1cccc2cccnc12. The van der Waals surface area contributed by atoms with Crippen LogP contribution < -0.4 is 11.1 Å². The molecule has 1 unspecified atom stereocenters. The van der Waals surface area contributed by atoms with Crippen LogP contribution in [0.5, 0.6) is 0 Å². The Labute approximate surface area is 165 Å². The Kier molecular flexibility index (Phi) is 7.55. The predicted octanol–water partition coefficient (Wildman–Crippen LogP) is 1.66. The van der Waals surface area contributed by atoms with Crippen molar-refractivity contribution in [1.82, 2.24) is 14.6 Å². The molecule has 2 heterocycles. The Morgan fingerprint density at radius 2 is 2.04 bits per heavy atom. The largest absolute Gasteiger partial charge is 0.354 e. The lowest BCUT2D eigenvalue weighted by Crippen LogP contribution is -2.49. The van der Waals surface area contributed by atoms with Gasteiger partial charge in [0.15, 0.2) is 0 Å². The molecule has 9 heteroatoms. The van der Waals surface area contributed by atoms with Gasteiger partial charge in [0.2, 0.25) is 15.9 Å². The van der Waals surface area contributed by atoms with Crippen molar-refractivity contribution >= 4 is 39.2 Å². The van der Waals surface area contributed by atoms with E-state index in [2.05, 4.69) is 10.3 Å². The third-order valence-electron chi connectivity index (χ3n) is 4.66. The molecule has 1 aromatic heterocycles. The molecule has 1 fully saturated rings. The minimum absolute atomic E-state index is 0. The first-order valence-corrected chi connectivity index (χ1v) is 10.3. The second-order valence-electron chi connectivity index (χ2n) is 6.44. The van der Waals surface area contributed by atoms with E-state index in [1.54, 1.807) is 24.4 Å². The number of para-hydroxylation sites is 1. The molecule has 0 spiro atoms. The van der Waals surface area contributed by atoms with Crippen molar-refractivity contribution in [3.63, 3.8) is 0 Å². The highest BCUT2D eigenvalue weighted by Crippen LogP contribution is 2.28. The van der Waals surface area contributed by atoms with Crippen molar-refractivity contribution in [1.29, 1.82) is 0 Å². The summed E-state index contributed by atoms with van der Waals surface area (Å²) in [6, 6.07) is 8.57. The maximum atomic E-state index is 13.3. The predicted molar refractivity (Wildman–Crippen MR) is 107 cm³/mol. The van der Waals surface area contributed by atoms with E-state index in [-0.39, 0.29) is 42.2 Å². The number of carbonyl (C=O) groups is 1. The Morgan fingerprint density at radius 3 is 2.81 bits per heavy atom. The lowest BCUT2D eigenvalue weighted by molar-refractivity contribution is -0.121. The zero-order valence-corrected chi connectivity index (χ0v) is 16.6. The Bertz CT molecular complexity index is 886. The molecule has 1 aromatic carbocycles. The standard InChI is InChI=1S/C18H24N4O3S.ClH/c19-10-9-17(23)21-13-15-7-1-2-12-22(15)26(24,25)16-8-3-5-14-6-4-11-20-18(14)16;/h3-6,8,11,15H,1-2,7,9-10,12-13,19H2,(H,21,23);1H. The number of hydrogen-bond donors (Lipinski definition) is 2. The van der Waals surface area contributed by atoms with Gasteiger partial charge >= 0.3 is 0 Å². The van der Waals surface area contributed by atoms with Crippen molar-refractivity contribution in [2.24, 2.45) is 5.73 Å². The van der Waals surface area contributed by atoms with Gasteiger partial charge in [-0.15, -0.1) is 12.4 Å². The van der Waals surface area contributed by atoms with Crippen molar-refractivity contribution in [2.45, 2.75) is 36.6 Å². The first kappa shape index (κ1) is 21.6. The van der Waals surface area contributed by atoms with Crippen LogP contribution in [0, 0.1) is 0 Å². The summed E-state index contributed by atoms with van der Waals surface area (Å²) >= 11 is 0. The summed E-state index contributed by atoms with van der Waals surface area (Å²) in [5.74, 6) is -0.151. The van der Waals surface area contributed by atoms with Crippen LogP contribution in [0.4, 0.5) is 0 Å². The Balaban J connectivity index is 0.00000261. The highest BCUT2D eigenvalue weighted by molar-refractivity contribution is 7.89. The number of nitrogens with zero attached hydrogens (tertiary/aromatic N) is 2. The molecule has 0 saturated carbocycles. The average molecular weight is 413 g/mol. The van der Waals surface area contributed by atoms with Crippen LogP contribution in [-0.4, -0.2) is 49.3 Å². The van der Waals surface area contributed by atoms with Gasteiger partial charge in [-0.3, -0.25) is 9.78 Å². The molecule has 2 aromatic rings. The molecule has 1 saturated heterocycles. The number of halogens is 1. The Hall–Kier alpha value is -1.74. The zero-order valence-electron chi connectivity index (χ0n) is 15.0. The molecule has 3 N–H and O–H groups in total. The number of carbonyl (C=O) groups excluding carboxylic acids is 1. The number of aromatic nitrogens is 1. The molecule has 1 aliphatic heterocycles. The van der Waals surface area contributed by atoms with E-state index in [0.717, 1.165) is 24.6 Å². The fraction of sp³-hybridized carbons (Fsp3) is 0.444. The van der Waals surface area contributed by atoms with Crippen LogP contribution in [0.2, 0.25) is 0 Å². The number of hydrogen-bond acceptors (Lipinski definition) is 5. The molecule has 0 aliphatic carbocycles. The van der Waals surface area contributed by atoms with E-state index in [0.29, 0.717) is 18.6 Å². The number of pyridine rings is 1. The number of rotatable bonds is 6. The monoisotopic (exact) mass is 412 g/mol. The molecule has 1 atom stereocenters. The topological polar surface area (TPSA) is 105 Å². The van der Waals surface area contributed by atoms with Crippen molar-refractivity contribution in [3.05, 3.63) is 36.5 Å². The number of fused-ring (bicyclic) bond motifs is 1. The van der Waals surface area contributed by atoms with Crippen LogP contribution in [0.3, 0.4) is 0 Å². The number of piperidine rings is 1. The average Bonchev–Trinajstić information content (AvgIpc) is 2.66. The quantitative estimate of drug-likeness (QED) is 0.750. The van der Waals surface area contributed by atoms with Gasteiger partial charge in [0.25, 0.3) is 0 Å². The van der Waals surface area contributed by atoms with Crippen LogP contribution in [0.25, 0.3) is 10.9 Å². The molecule has 148 valence electrons. The first-order valence-electron chi connectivity index (χ1n) is 8.86. The smallest absolute Gasteiger partial charge is 0.245 e. The number of nitrogens with one attached hydrogen (secondary N) is 1. The molecule has 1 aliphatic rings. The van der Waals surface area contributed by atoms with Gasteiger partial charge in [0, 0.05) is 43.7 Å². The molecule has 3 rings (SSSR count). The van der Waals surface area contributed by atoms with E-state index in [1.165, 1.54) is 4.31 Å². The van der Waals surface area contributed by atoms with Gasteiger partial charge in [-0.25, -0.2) is 8.42 Å².